The Morgan fingerprint density at radius 3 is 2.71 bits per heavy atom. The number of hydrogen-bond donors (Lipinski definition) is 1. The summed E-state index contributed by atoms with van der Waals surface area (Å²) >= 11 is 0. The van der Waals surface area contributed by atoms with E-state index in [1.165, 1.54) is 0 Å². The maximum Gasteiger partial charge on any atom is 0.230 e. The fourth-order valence-electron chi connectivity index (χ4n) is 1.11. The molecule has 1 N–H and O–H groups in total. The summed E-state index contributed by atoms with van der Waals surface area (Å²) in [6.45, 7) is 7.18. The van der Waals surface area contributed by atoms with Crippen LogP contribution in [0.3, 0.4) is 0 Å². The van der Waals surface area contributed by atoms with Crippen LogP contribution in [0.25, 0.3) is 10.4 Å². The van der Waals surface area contributed by atoms with Crippen LogP contribution in [0.15, 0.2) is 17.4 Å². The van der Waals surface area contributed by atoms with E-state index in [1.807, 2.05) is 0 Å². The zero-order valence-electron chi connectivity index (χ0n) is 10.4. The second-order valence-corrected chi connectivity index (χ2v) is 4.72. The predicted octanol–water partition coefficient (Wildman–Crippen LogP) is 3.32. The van der Waals surface area contributed by atoms with Crippen molar-refractivity contribution in [3.05, 3.63) is 28.3 Å². The Labute approximate surface area is 99.7 Å². The monoisotopic (exact) mass is 233 g/mol. The molecule has 0 unspecified atom stereocenters. The van der Waals surface area contributed by atoms with Gasteiger partial charge < -0.3 is 5.32 Å². The maximum absolute atomic E-state index is 11.8. The SMILES string of the molecule is Cc1ccnc(NC(=O)C(C)(C)C)c1N=[N+]=[N-]. The van der Waals surface area contributed by atoms with E-state index in [2.05, 4.69) is 20.3 Å². The number of anilines is 1. The van der Waals surface area contributed by atoms with E-state index in [1.54, 1.807) is 40.0 Å². The van der Waals surface area contributed by atoms with Gasteiger partial charge in [-0.05, 0) is 24.1 Å². The minimum atomic E-state index is -0.529. The van der Waals surface area contributed by atoms with Crippen molar-refractivity contribution in [1.82, 2.24) is 4.98 Å². The first-order chi connectivity index (χ1) is 7.86. The van der Waals surface area contributed by atoms with Crippen LogP contribution in [0.4, 0.5) is 11.5 Å². The number of carbonyl (C=O) groups is 1. The molecule has 1 aromatic rings. The van der Waals surface area contributed by atoms with Crippen molar-refractivity contribution in [3.63, 3.8) is 0 Å². The standard InChI is InChI=1S/C11H15N5O/c1-7-5-6-13-9(8(7)15-16-12)14-10(17)11(2,3)4/h5-6H,1-4H3,(H,13,14,17). The van der Waals surface area contributed by atoms with Gasteiger partial charge in [0, 0.05) is 16.5 Å². The summed E-state index contributed by atoms with van der Waals surface area (Å²) in [5, 5.41) is 6.21. The number of hydrogen-bond acceptors (Lipinski definition) is 3. The maximum atomic E-state index is 11.8. The zero-order chi connectivity index (χ0) is 13.1. The average Bonchev–Trinajstić information content (AvgIpc) is 2.21. The van der Waals surface area contributed by atoms with Crippen LogP contribution in [0.2, 0.25) is 0 Å². The minimum absolute atomic E-state index is 0.176. The van der Waals surface area contributed by atoms with Crippen molar-refractivity contribution >= 4 is 17.4 Å². The van der Waals surface area contributed by atoms with Crippen molar-refractivity contribution in [1.29, 1.82) is 0 Å². The van der Waals surface area contributed by atoms with Gasteiger partial charge >= 0.3 is 0 Å². The lowest BCUT2D eigenvalue weighted by Gasteiger charge is -2.18. The highest BCUT2D eigenvalue weighted by Crippen LogP contribution is 2.28. The van der Waals surface area contributed by atoms with Gasteiger partial charge in [0.2, 0.25) is 5.91 Å². The number of aromatic nitrogens is 1. The third-order valence-corrected chi connectivity index (χ3v) is 2.18. The Kier molecular flexibility index (Phi) is 3.70. The molecule has 0 atom stereocenters. The van der Waals surface area contributed by atoms with Crippen LogP contribution in [-0.2, 0) is 4.79 Å². The molecule has 17 heavy (non-hydrogen) atoms. The molecule has 1 heterocycles. The summed E-state index contributed by atoms with van der Waals surface area (Å²) in [6, 6.07) is 1.72. The number of rotatable bonds is 2. The van der Waals surface area contributed by atoms with Crippen LogP contribution in [0, 0.1) is 12.3 Å². The van der Waals surface area contributed by atoms with Gasteiger partial charge in [-0.25, -0.2) is 4.98 Å². The number of nitrogens with zero attached hydrogens (tertiary/aromatic N) is 4. The van der Waals surface area contributed by atoms with Crippen LogP contribution in [0.5, 0.6) is 0 Å². The Bertz CT molecular complexity index is 483. The number of aryl methyl sites for hydroxylation is 1. The summed E-state index contributed by atoms with van der Waals surface area (Å²) in [7, 11) is 0. The second-order valence-electron chi connectivity index (χ2n) is 4.72. The average molecular weight is 233 g/mol. The lowest BCUT2D eigenvalue weighted by atomic mass is 9.96. The molecule has 0 aliphatic carbocycles. The number of carbonyl (C=O) groups excluding carboxylic acids is 1. The zero-order valence-corrected chi connectivity index (χ0v) is 10.4. The molecule has 0 saturated heterocycles. The molecule has 1 amide bonds. The largest absolute Gasteiger partial charge is 0.310 e. The Morgan fingerprint density at radius 2 is 2.18 bits per heavy atom. The third-order valence-electron chi connectivity index (χ3n) is 2.18. The third kappa shape index (κ3) is 3.19. The van der Waals surface area contributed by atoms with Crippen LogP contribution >= 0.6 is 0 Å². The summed E-state index contributed by atoms with van der Waals surface area (Å²) < 4.78 is 0. The summed E-state index contributed by atoms with van der Waals surface area (Å²) in [5.41, 5.74) is 9.07. The van der Waals surface area contributed by atoms with Crippen molar-refractivity contribution < 1.29 is 4.79 Å². The quantitative estimate of drug-likeness (QED) is 0.482. The first kappa shape index (κ1) is 13.0. The normalized spacial score (nSPS) is 10.6. The molecular weight excluding hydrogens is 218 g/mol. The van der Waals surface area contributed by atoms with E-state index in [0.717, 1.165) is 5.56 Å². The molecular formula is C11H15N5O. The fraction of sp³-hybridized carbons (Fsp3) is 0.455. The topological polar surface area (TPSA) is 90.8 Å². The Hall–Kier alpha value is -2.07. The first-order valence-corrected chi connectivity index (χ1v) is 5.18. The van der Waals surface area contributed by atoms with E-state index in [-0.39, 0.29) is 5.91 Å². The Morgan fingerprint density at radius 1 is 1.53 bits per heavy atom. The van der Waals surface area contributed by atoms with Crippen LogP contribution in [0.1, 0.15) is 26.3 Å². The molecule has 1 aromatic heterocycles. The van der Waals surface area contributed by atoms with Crippen molar-refractivity contribution in [2.75, 3.05) is 5.32 Å². The lowest BCUT2D eigenvalue weighted by molar-refractivity contribution is -0.123. The van der Waals surface area contributed by atoms with Crippen molar-refractivity contribution in [2.45, 2.75) is 27.7 Å². The van der Waals surface area contributed by atoms with Gasteiger partial charge in [-0.15, -0.1) is 0 Å². The molecule has 90 valence electrons. The van der Waals surface area contributed by atoms with Crippen LogP contribution in [-0.4, -0.2) is 10.9 Å². The number of pyridine rings is 1. The molecule has 0 aromatic carbocycles. The highest BCUT2D eigenvalue weighted by Gasteiger charge is 2.22. The van der Waals surface area contributed by atoms with Crippen molar-refractivity contribution in [2.24, 2.45) is 10.5 Å². The van der Waals surface area contributed by atoms with Gasteiger partial charge in [0.15, 0.2) is 0 Å². The summed E-state index contributed by atoms with van der Waals surface area (Å²) in [4.78, 5) is 18.6. The van der Waals surface area contributed by atoms with E-state index in [4.69, 9.17) is 5.53 Å². The smallest absolute Gasteiger partial charge is 0.230 e. The lowest BCUT2D eigenvalue weighted by Crippen LogP contribution is -2.28. The van der Waals surface area contributed by atoms with Gasteiger partial charge in [-0.1, -0.05) is 25.9 Å². The summed E-state index contributed by atoms with van der Waals surface area (Å²) in [6.07, 6.45) is 1.56. The highest BCUT2D eigenvalue weighted by molar-refractivity contribution is 5.96. The Balaban J connectivity index is 3.11. The first-order valence-electron chi connectivity index (χ1n) is 5.18. The van der Waals surface area contributed by atoms with E-state index >= 15 is 0 Å². The van der Waals surface area contributed by atoms with Crippen LogP contribution < -0.4 is 5.32 Å². The molecule has 0 aliphatic rings. The number of nitrogens with one attached hydrogen (secondary N) is 1. The number of azide groups is 1. The molecule has 0 fully saturated rings. The molecule has 0 aliphatic heterocycles. The van der Waals surface area contributed by atoms with E-state index in [9.17, 15) is 4.79 Å². The predicted molar refractivity (Wildman–Crippen MR) is 65.9 cm³/mol. The van der Waals surface area contributed by atoms with E-state index < -0.39 is 5.41 Å². The number of amides is 1. The van der Waals surface area contributed by atoms with E-state index in [0.29, 0.717) is 11.5 Å². The molecule has 6 nitrogen and oxygen atoms in total. The van der Waals surface area contributed by atoms with Gasteiger partial charge in [-0.2, -0.15) is 0 Å². The van der Waals surface area contributed by atoms with Gasteiger partial charge in [0.25, 0.3) is 0 Å². The highest BCUT2D eigenvalue weighted by atomic mass is 16.2. The molecule has 6 heteroatoms. The molecule has 0 spiro atoms. The second kappa shape index (κ2) is 4.84. The molecule has 0 bridgehead atoms. The molecule has 0 radical (unpaired) electrons. The molecule has 0 saturated carbocycles. The minimum Gasteiger partial charge on any atom is -0.310 e. The summed E-state index contributed by atoms with van der Waals surface area (Å²) in [5.74, 6) is 0.118. The fourth-order valence-corrected chi connectivity index (χ4v) is 1.11. The van der Waals surface area contributed by atoms with Gasteiger partial charge in [0.1, 0.15) is 5.82 Å². The van der Waals surface area contributed by atoms with Gasteiger partial charge in [-0.3, -0.25) is 4.79 Å². The molecule has 1 rings (SSSR count). The van der Waals surface area contributed by atoms with Crippen molar-refractivity contribution in [3.8, 4) is 0 Å². The van der Waals surface area contributed by atoms with Gasteiger partial charge in [0.05, 0.1) is 5.69 Å².